The first kappa shape index (κ1) is 24.4. The summed E-state index contributed by atoms with van der Waals surface area (Å²) in [7, 11) is -2.51. The highest BCUT2D eigenvalue weighted by Crippen LogP contribution is 2.42. The molecule has 2 aromatic rings. The first-order valence-electron chi connectivity index (χ1n) is 12.5. The Morgan fingerprint density at radius 2 is 1.64 bits per heavy atom. The average molecular weight is 465 g/mol. The third-order valence-corrected chi connectivity index (χ3v) is 12.2. The van der Waals surface area contributed by atoms with E-state index in [0.29, 0.717) is 12.7 Å². The van der Waals surface area contributed by atoms with Gasteiger partial charge in [0.15, 0.2) is 5.79 Å². The van der Waals surface area contributed by atoms with Crippen molar-refractivity contribution in [1.82, 2.24) is 0 Å². The molecule has 0 amide bonds. The second-order valence-corrected chi connectivity index (χ2v) is 15.3. The largest absolute Gasteiger partial charge is 0.407 e. The van der Waals surface area contributed by atoms with Gasteiger partial charge in [-0.05, 0) is 41.6 Å². The van der Waals surface area contributed by atoms with E-state index < -0.39 is 14.1 Å². The molecule has 2 bridgehead atoms. The standard InChI is InChI=1S/C29H40O3Si/c1-23(2)22-29-19-12-13-24(31-29)21-25(32-29)18-20-30-33(28(3,4)5,26-14-8-6-9-15-26)27-16-10-7-11-17-27/h6-11,14-17,24-25H,1,12-13,18-22H2,2-5H3/t24-,25+,29+/m0/s1. The van der Waals surface area contributed by atoms with E-state index in [1.54, 1.807) is 0 Å². The van der Waals surface area contributed by atoms with Crippen LogP contribution in [0.5, 0.6) is 0 Å². The van der Waals surface area contributed by atoms with Crippen LogP contribution >= 0.6 is 0 Å². The summed E-state index contributed by atoms with van der Waals surface area (Å²) in [5, 5.41) is 2.64. The molecule has 0 radical (unpaired) electrons. The molecule has 4 rings (SSSR count). The molecule has 2 fully saturated rings. The molecule has 0 aliphatic carbocycles. The summed E-state index contributed by atoms with van der Waals surface area (Å²) in [5.41, 5.74) is 1.12. The maximum atomic E-state index is 7.11. The Kier molecular flexibility index (Phi) is 7.30. The molecule has 2 aliphatic rings. The molecule has 33 heavy (non-hydrogen) atoms. The van der Waals surface area contributed by atoms with E-state index >= 15 is 0 Å². The van der Waals surface area contributed by atoms with Crippen LogP contribution in [0.2, 0.25) is 5.04 Å². The summed E-state index contributed by atoms with van der Waals surface area (Å²) in [6.07, 6.45) is 6.37. The summed E-state index contributed by atoms with van der Waals surface area (Å²) in [5.74, 6) is -0.477. The third-order valence-electron chi connectivity index (χ3n) is 7.12. The highest BCUT2D eigenvalue weighted by atomic mass is 28.4. The summed E-state index contributed by atoms with van der Waals surface area (Å²) < 4.78 is 20.1. The van der Waals surface area contributed by atoms with Gasteiger partial charge in [0.25, 0.3) is 8.32 Å². The van der Waals surface area contributed by atoms with Crippen molar-refractivity contribution in [1.29, 1.82) is 0 Å². The Morgan fingerprint density at radius 3 is 2.18 bits per heavy atom. The fraction of sp³-hybridized carbons (Fsp3) is 0.517. The smallest absolute Gasteiger partial charge is 0.261 e. The van der Waals surface area contributed by atoms with E-state index in [0.717, 1.165) is 37.7 Å². The number of benzene rings is 2. The van der Waals surface area contributed by atoms with Crippen LogP contribution in [0.4, 0.5) is 0 Å². The number of hydrogen-bond acceptors (Lipinski definition) is 3. The van der Waals surface area contributed by atoms with Crippen LogP contribution < -0.4 is 10.4 Å². The monoisotopic (exact) mass is 464 g/mol. The lowest BCUT2D eigenvalue weighted by Crippen LogP contribution is -2.66. The third kappa shape index (κ3) is 5.19. The van der Waals surface area contributed by atoms with Crippen LogP contribution in [0.15, 0.2) is 72.8 Å². The van der Waals surface area contributed by atoms with E-state index in [1.165, 1.54) is 16.8 Å². The maximum absolute atomic E-state index is 7.11. The Bertz CT molecular complexity index is 881. The number of hydrogen-bond donors (Lipinski definition) is 0. The van der Waals surface area contributed by atoms with Gasteiger partial charge in [0.2, 0.25) is 0 Å². The minimum Gasteiger partial charge on any atom is -0.407 e. The fourth-order valence-corrected chi connectivity index (χ4v) is 10.4. The zero-order chi connectivity index (χ0) is 23.5. The molecule has 0 aromatic heterocycles. The zero-order valence-electron chi connectivity index (χ0n) is 20.8. The van der Waals surface area contributed by atoms with Crippen molar-refractivity contribution in [2.75, 3.05) is 6.61 Å². The van der Waals surface area contributed by atoms with Gasteiger partial charge in [0.05, 0.1) is 12.2 Å². The van der Waals surface area contributed by atoms with Crippen molar-refractivity contribution in [3.8, 4) is 0 Å². The van der Waals surface area contributed by atoms with Crippen LogP contribution in [-0.4, -0.2) is 32.9 Å². The Balaban J connectivity index is 1.56. The van der Waals surface area contributed by atoms with Crippen LogP contribution in [0, 0.1) is 0 Å². The molecular weight excluding hydrogens is 424 g/mol. The molecule has 3 nitrogen and oxygen atoms in total. The first-order chi connectivity index (χ1) is 15.7. The van der Waals surface area contributed by atoms with Crippen molar-refractivity contribution in [2.24, 2.45) is 0 Å². The minimum atomic E-state index is -2.51. The van der Waals surface area contributed by atoms with Gasteiger partial charge in [0, 0.05) is 25.9 Å². The highest BCUT2D eigenvalue weighted by Gasteiger charge is 2.50. The van der Waals surface area contributed by atoms with Crippen molar-refractivity contribution in [3.05, 3.63) is 72.8 Å². The van der Waals surface area contributed by atoms with Gasteiger partial charge >= 0.3 is 0 Å². The van der Waals surface area contributed by atoms with Gasteiger partial charge in [-0.3, -0.25) is 0 Å². The molecule has 178 valence electrons. The SMILES string of the molecule is C=C(C)C[C@@]12CCC[C@@H](C[C@@H](CCO[Si](c3ccccc3)(c3ccccc3)C(C)(C)C)O1)O2. The predicted molar refractivity (Wildman–Crippen MR) is 139 cm³/mol. The summed E-state index contributed by atoms with van der Waals surface area (Å²) >= 11 is 0. The van der Waals surface area contributed by atoms with Crippen LogP contribution in [0.3, 0.4) is 0 Å². The van der Waals surface area contributed by atoms with Gasteiger partial charge in [0.1, 0.15) is 0 Å². The first-order valence-corrected chi connectivity index (χ1v) is 14.4. The molecule has 2 saturated heterocycles. The van der Waals surface area contributed by atoms with E-state index in [2.05, 4.69) is 94.9 Å². The van der Waals surface area contributed by atoms with Crippen LogP contribution in [-0.2, 0) is 13.9 Å². The summed E-state index contributed by atoms with van der Waals surface area (Å²) in [6.45, 7) is 13.9. The van der Waals surface area contributed by atoms with Crippen LogP contribution in [0.25, 0.3) is 0 Å². The van der Waals surface area contributed by atoms with Crippen molar-refractivity contribution >= 4 is 18.7 Å². The molecule has 0 unspecified atom stereocenters. The van der Waals surface area contributed by atoms with Gasteiger partial charge in [-0.2, -0.15) is 0 Å². The van der Waals surface area contributed by atoms with Crippen LogP contribution in [0.1, 0.15) is 66.2 Å². The molecule has 4 heteroatoms. The molecule has 3 atom stereocenters. The van der Waals surface area contributed by atoms with E-state index in [-0.39, 0.29) is 11.1 Å². The quantitative estimate of drug-likeness (QED) is 0.356. The van der Waals surface area contributed by atoms with Crippen molar-refractivity contribution in [2.45, 2.75) is 89.3 Å². The molecular formula is C29H40O3Si. The maximum Gasteiger partial charge on any atom is 0.261 e. The lowest BCUT2D eigenvalue weighted by Gasteiger charge is -2.49. The van der Waals surface area contributed by atoms with Gasteiger partial charge in [-0.25, -0.2) is 0 Å². The second kappa shape index (κ2) is 9.87. The molecule has 0 saturated carbocycles. The topological polar surface area (TPSA) is 27.7 Å². The molecule has 0 spiro atoms. The van der Waals surface area contributed by atoms with Gasteiger partial charge < -0.3 is 13.9 Å². The number of fused-ring (bicyclic) bond motifs is 2. The van der Waals surface area contributed by atoms with Crippen molar-refractivity contribution in [3.63, 3.8) is 0 Å². The lowest BCUT2D eigenvalue weighted by molar-refractivity contribution is -0.336. The fourth-order valence-electron chi connectivity index (χ4n) is 5.83. The van der Waals surface area contributed by atoms with Gasteiger partial charge in [-0.1, -0.05) is 93.6 Å². The minimum absolute atomic E-state index is 0.01000. The normalized spacial score (nSPS) is 25.6. The summed E-state index contributed by atoms with van der Waals surface area (Å²) in [6, 6.07) is 21.7. The lowest BCUT2D eigenvalue weighted by atomic mass is 9.90. The van der Waals surface area contributed by atoms with E-state index in [9.17, 15) is 0 Å². The van der Waals surface area contributed by atoms with E-state index in [1.807, 2.05) is 0 Å². The highest BCUT2D eigenvalue weighted by molar-refractivity contribution is 6.99. The molecule has 2 heterocycles. The molecule has 2 aliphatic heterocycles. The molecule has 0 N–H and O–H groups in total. The van der Waals surface area contributed by atoms with E-state index in [4.69, 9.17) is 13.9 Å². The molecule has 2 aromatic carbocycles. The second-order valence-electron chi connectivity index (χ2n) is 11.0. The predicted octanol–water partition coefficient (Wildman–Crippen LogP) is 5.97. The number of rotatable bonds is 8. The number of ether oxygens (including phenoxy) is 2. The Labute approximate surface area is 201 Å². The summed E-state index contributed by atoms with van der Waals surface area (Å²) in [4.78, 5) is 0. The Morgan fingerprint density at radius 1 is 1.03 bits per heavy atom. The van der Waals surface area contributed by atoms with Gasteiger partial charge in [-0.15, -0.1) is 0 Å². The average Bonchev–Trinajstić information content (AvgIpc) is 2.76. The Hall–Kier alpha value is -1.72. The van der Waals surface area contributed by atoms with Crippen molar-refractivity contribution < 1.29 is 13.9 Å². The zero-order valence-corrected chi connectivity index (χ0v) is 21.8.